The van der Waals surface area contributed by atoms with Crippen molar-refractivity contribution in [1.29, 1.82) is 0 Å². The molecule has 0 fully saturated rings. The van der Waals surface area contributed by atoms with E-state index >= 15 is 0 Å². The van der Waals surface area contributed by atoms with Gasteiger partial charge in [-0.05, 0) is 17.2 Å². The Hall–Kier alpha value is -2.16. The molecule has 2 nitrogen and oxygen atoms in total. The molecule has 0 aliphatic rings. The monoisotopic (exact) mass is 244 g/mol. The average molecular weight is 244 g/mol. The fourth-order valence-electron chi connectivity index (χ4n) is 1.76. The standard InChI is InChI=1S/C15H13FO2/c1-18-15(17)10-11-7-8-13(14(16)9-11)12-5-3-2-4-6-12/h2-9H,10H2,1H3. The summed E-state index contributed by atoms with van der Waals surface area (Å²) in [5.74, 6) is -0.704. The highest BCUT2D eigenvalue weighted by Crippen LogP contribution is 2.23. The summed E-state index contributed by atoms with van der Waals surface area (Å²) in [5.41, 5.74) is 1.96. The largest absolute Gasteiger partial charge is 0.469 e. The fraction of sp³-hybridized carbons (Fsp3) is 0.133. The predicted molar refractivity (Wildman–Crippen MR) is 67.6 cm³/mol. The van der Waals surface area contributed by atoms with Crippen molar-refractivity contribution in [2.45, 2.75) is 6.42 Å². The molecule has 0 aliphatic carbocycles. The van der Waals surface area contributed by atoms with E-state index in [1.807, 2.05) is 30.3 Å². The minimum absolute atomic E-state index is 0.0858. The lowest BCUT2D eigenvalue weighted by atomic mass is 10.0. The number of carbonyl (C=O) groups excluding carboxylic acids is 1. The minimum Gasteiger partial charge on any atom is -0.469 e. The predicted octanol–water partition coefficient (Wildman–Crippen LogP) is 3.21. The molecule has 2 aromatic carbocycles. The maximum Gasteiger partial charge on any atom is 0.309 e. The third-order valence-corrected chi connectivity index (χ3v) is 2.69. The highest BCUT2D eigenvalue weighted by atomic mass is 19.1. The smallest absolute Gasteiger partial charge is 0.309 e. The van der Waals surface area contributed by atoms with E-state index in [1.54, 1.807) is 12.1 Å². The molecule has 0 aliphatic heterocycles. The lowest BCUT2D eigenvalue weighted by Gasteiger charge is -2.06. The molecule has 0 spiro atoms. The highest BCUT2D eigenvalue weighted by Gasteiger charge is 2.08. The number of esters is 1. The van der Waals surface area contributed by atoms with Gasteiger partial charge in [-0.25, -0.2) is 4.39 Å². The van der Waals surface area contributed by atoms with Gasteiger partial charge < -0.3 is 4.74 Å². The van der Waals surface area contributed by atoms with E-state index in [0.29, 0.717) is 11.1 Å². The number of hydrogen-bond acceptors (Lipinski definition) is 2. The zero-order valence-electron chi connectivity index (χ0n) is 10.0. The van der Waals surface area contributed by atoms with E-state index in [4.69, 9.17) is 0 Å². The molecule has 0 atom stereocenters. The summed E-state index contributed by atoms with van der Waals surface area (Å²) in [6.45, 7) is 0. The first-order chi connectivity index (χ1) is 8.70. The zero-order chi connectivity index (χ0) is 13.0. The van der Waals surface area contributed by atoms with Crippen molar-refractivity contribution in [2.75, 3.05) is 7.11 Å². The molecule has 0 aromatic heterocycles. The summed E-state index contributed by atoms with van der Waals surface area (Å²) in [4.78, 5) is 11.1. The molecule has 18 heavy (non-hydrogen) atoms. The van der Waals surface area contributed by atoms with E-state index in [-0.39, 0.29) is 18.2 Å². The molecule has 0 N–H and O–H groups in total. The molecule has 2 rings (SSSR count). The Morgan fingerprint density at radius 1 is 1.17 bits per heavy atom. The van der Waals surface area contributed by atoms with Crippen LogP contribution in [0.4, 0.5) is 4.39 Å². The van der Waals surface area contributed by atoms with Crippen LogP contribution >= 0.6 is 0 Å². The van der Waals surface area contributed by atoms with Gasteiger partial charge in [0.05, 0.1) is 13.5 Å². The molecule has 0 saturated carbocycles. The van der Waals surface area contributed by atoms with E-state index in [0.717, 1.165) is 5.56 Å². The Morgan fingerprint density at radius 3 is 2.50 bits per heavy atom. The Morgan fingerprint density at radius 2 is 1.89 bits per heavy atom. The Balaban J connectivity index is 2.28. The molecule has 0 saturated heterocycles. The molecule has 0 amide bonds. The fourth-order valence-corrected chi connectivity index (χ4v) is 1.76. The van der Waals surface area contributed by atoms with Crippen molar-refractivity contribution in [1.82, 2.24) is 0 Å². The van der Waals surface area contributed by atoms with Crippen LogP contribution in [0.3, 0.4) is 0 Å². The van der Waals surface area contributed by atoms with Crippen molar-refractivity contribution in [3.05, 3.63) is 59.9 Å². The van der Waals surface area contributed by atoms with Crippen molar-refractivity contribution >= 4 is 5.97 Å². The van der Waals surface area contributed by atoms with Crippen LogP contribution in [-0.2, 0) is 16.0 Å². The molecule has 0 radical (unpaired) electrons. The third-order valence-electron chi connectivity index (χ3n) is 2.69. The van der Waals surface area contributed by atoms with Crippen molar-refractivity contribution in [3.8, 4) is 11.1 Å². The molecular formula is C15H13FO2. The summed E-state index contributed by atoms with van der Waals surface area (Å²) in [5, 5.41) is 0. The maximum absolute atomic E-state index is 13.9. The number of hydrogen-bond donors (Lipinski definition) is 0. The first kappa shape index (κ1) is 12.3. The van der Waals surface area contributed by atoms with Gasteiger partial charge in [-0.3, -0.25) is 4.79 Å². The molecule has 3 heteroatoms. The second kappa shape index (κ2) is 5.45. The molecular weight excluding hydrogens is 231 g/mol. The first-order valence-corrected chi connectivity index (χ1v) is 5.61. The Labute approximate surface area is 105 Å². The van der Waals surface area contributed by atoms with Gasteiger partial charge in [0.15, 0.2) is 0 Å². The summed E-state index contributed by atoms with van der Waals surface area (Å²) < 4.78 is 18.5. The lowest BCUT2D eigenvalue weighted by molar-refractivity contribution is -0.139. The number of methoxy groups -OCH3 is 1. The quantitative estimate of drug-likeness (QED) is 0.775. The van der Waals surface area contributed by atoms with E-state index < -0.39 is 0 Å². The van der Waals surface area contributed by atoms with Gasteiger partial charge >= 0.3 is 5.97 Å². The van der Waals surface area contributed by atoms with Crippen LogP contribution in [0.2, 0.25) is 0 Å². The van der Waals surface area contributed by atoms with Crippen molar-refractivity contribution in [3.63, 3.8) is 0 Å². The average Bonchev–Trinajstić information content (AvgIpc) is 2.40. The van der Waals surface area contributed by atoms with Gasteiger partial charge in [-0.1, -0.05) is 42.5 Å². The molecule has 0 bridgehead atoms. The van der Waals surface area contributed by atoms with Crippen LogP contribution < -0.4 is 0 Å². The number of carbonyl (C=O) groups is 1. The van der Waals surface area contributed by atoms with Crippen molar-refractivity contribution in [2.24, 2.45) is 0 Å². The Bertz CT molecular complexity index is 550. The van der Waals surface area contributed by atoms with Crippen LogP contribution in [0.1, 0.15) is 5.56 Å². The molecule has 92 valence electrons. The van der Waals surface area contributed by atoms with Gasteiger partial charge in [-0.15, -0.1) is 0 Å². The maximum atomic E-state index is 13.9. The van der Waals surface area contributed by atoms with Gasteiger partial charge in [0.1, 0.15) is 5.82 Å². The van der Waals surface area contributed by atoms with E-state index in [2.05, 4.69) is 4.74 Å². The number of ether oxygens (including phenoxy) is 1. The SMILES string of the molecule is COC(=O)Cc1ccc(-c2ccccc2)c(F)c1. The summed E-state index contributed by atoms with van der Waals surface area (Å²) in [6.07, 6.45) is 0.0858. The molecule has 2 aromatic rings. The number of benzene rings is 2. The second-order valence-electron chi connectivity index (χ2n) is 3.93. The van der Waals surface area contributed by atoms with Crippen LogP contribution in [0.15, 0.2) is 48.5 Å². The van der Waals surface area contributed by atoms with Gasteiger partial charge in [0, 0.05) is 5.56 Å². The minimum atomic E-state index is -0.373. The molecule has 0 unspecified atom stereocenters. The van der Waals surface area contributed by atoms with Crippen LogP contribution in [0.25, 0.3) is 11.1 Å². The summed E-state index contributed by atoms with van der Waals surface area (Å²) in [6, 6.07) is 14.1. The van der Waals surface area contributed by atoms with Gasteiger partial charge in [-0.2, -0.15) is 0 Å². The van der Waals surface area contributed by atoms with Crippen molar-refractivity contribution < 1.29 is 13.9 Å². The van der Waals surface area contributed by atoms with Crippen LogP contribution in [0.5, 0.6) is 0 Å². The van der Waals surface area contributed by atoms with Gasteiger partial charge in [0.2, 0.25) is 0 Å². The summed E-state index contributed by atoms with van der Waals surface area (Å²) in [7, 11) is 1.32. The normalized spacial score (nSPS) is 10.1. The lowest BCUT2D eigenvalue weighted by Crippen LogP contribution is -2.04. The van der Waals surface area contributed by atoms with Crippen LogP contribution in [0, 0.1) is 5.82 Å². The second-order valence-corrected chi connectivity index (χ2v) is 3.93. The topological polar surface area (TPSA) is 26.3 Å². The third kappa shape index (κ3) is 2.74. The van der Waals surface area contributed by atoms with Gasteiger partial charge in [0.25, 0.3) is 0 Å². The number of halogens is 1. The highest BCUT2D eigenvalue weighted by molar-refractivity contribution is 5.73. The summed E-state index contributed by atoms with van der Waals surface area (Å²) >= 11 is 0. The first-order valence-electron chi connectivity index (χ1n) is 5.61. The number of rotatable bonds is 3. The zero-order valence-corrected chi connectivity index (χ0v) is 10.0. The van der Waals surface area contributed by atoms with E-state index in [1.165, 1.54) is 13.2 Å². The molecule has 0 heterocycles. The Kier molecular flexibility index (Phi) is 3.72. The van der Waals surface area contributed by atoms with E-state index in [9.17, 15) is 9.18 Å². The van der Waals surface area contributed by atoms with Crippen LogP contribution in [-0.4, -0.2) is 13.1 Å².